The van der Waals surface area contributed by atoms with E-state index in [4.69, 9.17) is 5.73 Å². The maximum absolute atomic E-state index is 12.4. The van der Waals surface area contributed by atoms with Gasteiger partial charge in [0.2, 0.25) is 0 Å². The van der Waals surface area contributed by atoms with Crippen LogP contribution in [0.15, 0.2) is 30.3 Å². The predicted octanol–water partition coefficient (Wildman–Crippen LogP) is 2.14. The molecule has 0 bridgehead atoms. The van der Waals surface area contributed by atoms with Crippen molar-refractivity contribution in [2.75, 3.05) is 12.0 Å². The van der Waals surface area contributed by atoms with Crippen molar-refractivity contribution in [3.05, 3.63) is 35.9 Å². The average molecular weight is 351 g/mol. The van der Waals surface area contributed by atoms with E-state index in [0.717, 1.165) is 5.56 Å². The van der Waals surface area contributed by atoms with Crippen LogP contribution in [0.4, 0.5) is 13.2 Å². The number of thioether (sulfide) groups is 1. The lowest BCUT2D eigenvalue weighted by Gasteiger charge is -2.28. The van der Waals surface area contributed by atoms with Crippen molar-refractivity contribution in [1.82, 2.24) is 0 Å². The number of aliphatic hydroxyl groups excluding tert-OH is 1. The van der Waals surface area contributed by atoms with Crippen LogP contribution in [0, 0.1) is 0 Å². The van der Waals surface area contributed by atoms with Crippen molar-refractivity contribution >= 4 is 17.7 Å². The van der Waals surface area contributed by atoms with Crippen molar-refractivity contribution < 1.29 is 27.8 Å². The minimum Gasteiger partial charge on any atom is -0.451 e. The van der Waals surface area contributed by atoms with Crippen LogP contribution in [-0.2, 0) is 16.0 Å². The molecule has 0 heterocycles. The van der Waals surface area contributed by atoms with Gasteiger partial charge in [-0.05, 0) is 30.4 Å². The average Bonchev–Trinajstić information content (AvgIpc) is 2.49. The van der Waals surface area contributed by atoms with Crippen LogP contribution in [0.25, 0.3) is 0 Å². The molecule has 130 valence electrons. The molecule has 0 aliphatic carbocycles. The maximum Gasteiger partial charge on any atom is 0.490 e. The summed E-state index contributed by atoms with van der Waals surface area (Å²) in [6, 6.07) is 7.91. The zero-order valence-corrected chi connectivity index (χ0v) is 13.4. The number of halogens is 3. The number of hydrogen-bond donors (Lipinski definition) is 2. The molecule has 0 aromatic heterocycles. The summed E-state index contributed by atoms with van der Waals surface area (Å²) in [5.74, 6) is -1.83. The van der Waals surface area contributed by atoms with Gasteiger partial charge in [-0.15, -0.1) is 0 Å². The molecule has 0 aliphatic rings. The van der Waals surface area contributed by atoms with Gasteiger partial charge in [-0.3, -0.25) is 0 Å². The van der Waals surface area contributed by atoms with Gasteiger partial charge < -0.3 is 15.6 Å². The summed E-state index contributed by atoms with van der Waals surface area (Å²) >= 11 is 1.42. The van der Waals surface area contributed by atoms with Gasteiger partial charge >= 0.3 is 12.1 Å². The van der Waals surface area contributed by atoms with Crippen molar-refractivity contribution in [2.45, 2.75) is 37.3 Å². The molecule has 23 heavy (non-hydrogen) atoms. The Kier molecular flexibility index (Phi) is 7.87. The molecule has 1 aromatic rings. The number of ether oxygens (including phenoxy) is 1. The predicted molar refractivity (Wildman–Crippen MR) is 83.1 cm³/mol. The highest BCUT2D eigenvalue weighted by Gasteiger charge is 2.44. The highest BCUT2D eigenvalue weighted by Crippen LogP contribution is 2.21. The summed E-state index contributed by atoms with van der Waals surface area (Å²) < 4.78 is 41.7. The van der Waals surface area contributed by atoms with Crippen molar-refractivity contribution in [1.29, 1.82) is 0 Å². The molecule has 3 N–H and O–H groups in total. The monoisotopic (exact) mass is 351 g/mol. The van der Waals surface area contributed by atoms with E-state index in [1.54, 1.807) is 36.6 Å². The molecule has 3 atom stereocenters. The molecule has 1 rings (SSSR count). The van der Waals surface area contributed by atoms with Crippen LogP contribution in [-0.4, -0.2) is 47.5 Å². The Bertz CT molecular complexity index is 485. The molecule has 1 aromatic carbocycles. The fourth-order valence-corrected chi connectivity index (χ4v) is 2.52. The number of carbonyl (C=O) groups excluding carboxylic acids is 1. The topological polar surface area (TPSA) is 72.5 Å². The van der Waals surface area contributed by atoms with Crippen molar-refractivity contribution in [3.8, 4) is 0 Å². The van der Waals surface area contributed by atoms with E-state index in [-0.39, 0.29) is 12.8 Å². The minimum absolute atomic E-state index is 0.180. The molecule has 0 radical (unpaired) electrons. The van der Waals surface area contributed by atoms with Crippen LogP contribution < -0.4 is 5.73 Å². The third-order valence-electron chi connectivity index (χ3n) is 3.21. The number of carbonyl (C=O) groups is 1. The van der Waals surface area contributed by atoms with Gasteiger partial charge in [0.25, 0.3) is 0 Å². The van der Waals surface area contributed by atoms with Crippen molar-refractivity contribution in [3.63, 3.8) is 0 Å². The number of nitrogens with two attached hydrogens (primary N) is 1. The molecule has 0 amide bonds. The molecule has 0 fully saturated rings. The molecule has 4 nitrogen and oxygen atoms in total. The highest BCUT2D eigenvalue weighted by molar-refractivity contribution is 7.98. The van der Waals surface area contributed by atoms with Gasteiger partial charge in [0.15, 0.2) is 0 Å². The lowest BCUT2D eigenvalue weighted by molar-refractivity contribution is -0.210. The number of hydrogen-bond acceptors (Lipinski definition) is 5. The fourth-order valence-electron chi connectivity index (χ4n) is 2.05. The van der Waals surface area contributed by atoms with Crippen LogP contribution in [0.3, 0.4) is 0 Å². The van der Waals surface area contributed by atoms with Crippen LogP contribution in [0.5, 0.6) is 0 Å². The zero-order valence-electron chi connectivity index (χ0n) is 12.6. The lowest BCUT2D eigenvalue weighted by Crippen LogP contribution is -2.49. The molecular formula is C15H20F3NO3S. The summed E-state index contributed by atoms with van der Waals surface area (Å²) in [4.78, 5) is 11.1. The second kappa shape index (κ2) is 9.14. The number of rotatable bonds is 8. The summed E-state index contributed by atoms with van der Waals surface area (Å²) in [5.41, 5.74) is 6.69. The summed E-state index contributed by atoms with van der Waals surface area (Å²) in [7, 11) is 0. The Balaban J connectivity index is 2.82. The van der Waals surface area contributed by atoms with E-state index in [0.29, 0.717) is 5.75 Å². The molecule has 0 saturated heterocycles. The Morgan fingerprint density at radius 3 is 2.48 bits per heavy atom. The van der Waals surface area contributed by atoms with Gasteiger partial charge in [-0.1, -0.05) is 30.3 Å². The number of benzene rings is 1. The van der Waals surface area contributed by atoms with Crippen molar-refractivity contribution in [2.24, 2.45) is 5.73 Å². The standard InChI is InChI=1S/C15H20F3NO3S/c1-23-8-7-12(20)13(22-14(21)15(16,17)18)11(19)9-10-5-3-2-4-6-10/h2-6,11-13,20H,7-9,19H2,1H3/t11-,12+,13+/m0/s1. The van der Waals surface area contributed by atoms with E-state index in [1.807, 2.05) is 0 Å². The van der Waals surface area contributed by atoms with Crippen LogP contribution in [0.2, 0.25) is 0 Å². The second-order valence-corrected chi connectivity index (χ2v) is 6.06. The third-order valence-corrected chi connectivity index (χ3v) is 3.85. The molecule has 8 heteroatoms. The lowest BCUT2D eigenvalue weighted by atomic mass is 9.97. The van der Waals surface area contributed by atoms with E-state index in [9.17, 15) is 23.1 Å². The van der Waals surface area contributed by atoms with Gasteiger partial charge in [0.05, 0.1) is 6.10 Å². The van der Waals surface area contributed by atoms with Gasteiger partial charge in [-0.2, -0.15) is 24.9 Å². The molecular weight excluding hydrogens is 331 g/mol. The number of aliphatic hydroxyl groups is 1. The van der Waals surface area contributed by atoms with E-state index < -0.39 is 30.4 Å². The summed E-state index contributed by atoms with van der Waals surface area (Å²) in [5, 5.41) is 10.1. The summed E-state index contributed by atoms with van der Waals surface area (Å²) in [6.07, 6.45) is -5.63. The fraction of sp³-hybridized carbons (Fsp3) is 0.533. The van der Waals surface area contributed by atoms with Crippen LogP contribution >= 0.6 is 11.8 Å². The van der Waals surface area contributed by atoms with E-state index in [1.165, 1.54) is 11.8 Å². The molecule has 0 spiro atoms. The van der Waals surface area contributed by atoms with E-state index >= 15 is 0 Å². The maximum atomic E-state index is 12.4. The zero-order chi connectivity index (χ0) is 17.5. The van der Waals surface area contributed by atoms with Gasteiger partial charge in [-0.25, -0.2) is 4.79 Å². The van der Waals surface area contributed by atoms with Gasteiger partial charge in [0, 0.05) is 6.04 Å². The largest absolute Gasteiger partial charge is 0.490 e. The highest BCUT2D eigenvalue weighted by atomic mass is 32.2. The second-order valence-electron chi connectivity index (χ2n) is 5.07. The first-order chi connectivity index (χ1) is 10.8. The SMILES string of the molecule is CSCC[C@@H](O)[C@H](OC(=O)C(F)(F)F)[C@@H](N)Cc1ccccc1. The number of esters is 1. The first-order valence-electron chi connectivity index (χ1n) is 7.00. The number of alkyl halides is 3. The molecule has 0 aliphatic heterocycles. The Morgan fingerprint density at radius 1 is 1.35 bits per heavy atom. The quantitative estimate of drug-likeness (QED) is 0.702. The normalized spacial score (nSPS) is 15.7. The smallest absolute Gasteiger partial charge is 0.451 e. The Morgan fingerprint density at radius 2 is 1.96 bits per heavy atom. The Hall–Kier alpha value is -1.25. The molecule has 0 unspecified atom stereocenters. The van der Waals surface area contributed by atoms with E-state index in [2.05, 4.69) is 4.74 Å². The molecule has 0 saturated carbocycles. The van der Waals surface area contributed by atoms with Gasteiger partial charge in [0.1, 0.15) is 6.10 Å². The first-order valence-corrected chi connectivity index (χ1v) is 8.39. The Labute approximate surface area is 137 Å². The summed E-state index contributed by atoms with van der Waals surface area (Å²) in [6.45, 7) is 0. The minimum atomic E-state index is -5.12. The first kappa shape index (κ1) is 19.8. The third kappa shape index (κ3) is 6.80. The van der Waals surface area contributed by atoms with Crippen LogP contribution in [0.1, 0.15) is 12.0 Å².